The zero-order chi connectivity index (χ0) is 16.8. The van der Waals surface area contributed by atoms with Crippen LogP contribution in [0.4, 0.5) is 0 Å². The van der Waals surface area contributed by atoms with Gasteiger partial charge in [-0.1, -0.05) is 12.1 Å². The molecule has 1 aromatic heterocycles. The lowest BCUT2D eigenvalue weighted by molar-refractivity contribution is -0.120. The van der Waals surface area contributed by atoms with Gasteiger partial charge >= 0.3 is 0 Å². The third kappa shape index (κ3) is 4.33. The summed E-state index contributed by atoms with van der Waals surface area (Å²) in [5.74, 6) is 1.28. The van der Waals surface area contributed by atoms with E-state index >= 15 is 0 Å². The van der Waals surface area contributed by atoms with E-state index < -0.39 is 0 Å². The normalized spacial score (nSPS) is 17.0. The van der Waals surface area contributed by atoms with Gasteiger partial charge in [0.1, 0.15) is 10.8 Å². The molecule has 0 bridgehead atoms. The van der Waals surface area contributed by atoms with Crippen LogP contribution >= 0.6 is 11.3 Å². The number of ether oxygens (including phenoxy) is 2. The fraction of sp³-hybridized carbons (Fsp3) is 0.444. The fourth-order valence-corrected chi connectivity index (χ4v) is 3.52. The van der Waals surface area contributed by atoms with Crippen molar-refractivity contribution < 1.29 is 14.3 Å². The van der Waals surface area contributed by atoms with E-state index in [9.17, 15) is 4.79 Å². The predicted molar refractivity (Wildman–Crippen MR) is 94.4 cm³/mol. The second kappa shape index (κ2) is 8.26. The molecule has 0 saturated carbocycles. The molecule has 1 saturated heterocycles. The summed E-state index contributed by atoms with van der Waals surface area (Å²) in [5.41, 5.74) is 1.76. The number of benzene rings is 1. The summed E-state index contributed by atoms with van der Waals surface area (Å²) >= 11 is 1.54. The number of hydrogen-bond acceptors (Lipinski definition) is 5. The number of amides is 1. The third-order valence-electron chi connectivity index (χ3n) is 3.92. The molecule has 2 heterocycles. The van der Waals surface area contributed by atoms with Crippen LogP contribution in [-0.2, 0) is 16.0 Å². The number of carbonyl (C=O) groups excluding carboxylic acids is 1. The first-order valence-corrected chi connectivity index (χ1v) is 9.15. The van der Waals surface area contributed by atoms with Gasteiger partial charge in [-0.05, 0) is 25.5 Å². The Bertz CT molecular complexity index is 680. The second-order valence-corrected chi connectivity index (χ2v) is 6.64. The van der Waals surface area contributed by atoms with Crippen LogP contribution < -0.4 is 10.1 Å². The van der Waals surface area contributed by atoms with Gasteiger partial charge in [-0.3, -0.25) is 4.79 Å². The van der Waals surface area contributed by atoms with Gasteiger partial charge in [0.2, 0.25) is 5.91 Å². The summed E-state index contributed by atoms with van der Waals surface area (Å²) in [6, 6.07) is 7.85. The molecule has 1 N–H and O–H groups in total. The first-order valence-electron chi connectivity index (χ1n) is 8.27. The summed E-state index contributed by atoms with van der Waals surface area (Å²) in [7, 11) is 0. The number of nitrogens with zero attached hydrogens (tertiary/aromatic N) is 1. The first kappa shape index (κ1) is 16.9. The summed E-state index contributed by atoms with van der Waals surface area (Å²) in [6.45, 7) is 4.81. The molecule has 1 atom stereocenters. The average Bonchev–Trinajstić information content (AvgIpc) is 3.25. The Morgan fingerprint density at radius 3 is 3.12 bits per heavy atom. The summed E-state index contributed by atoms with van der Waals surface area (Å²) in [4.78, 5) is 16.7. The van der Waals surface area contributed by atoms with Crippen LogP contribution in [0.1, 0.15) is 19.0 Å². The quantitative estimate of drug-likeness (QED) is 0.837. The lowest BCUT2D eigenvalue weighted by Crippen LogP contribution is -2.30. The monoisotopic (exact) mass is 346 g/mol. The van der Waals surface area contributed by atoms with Crippen LogP contribution in [-0.4, -0.2) is 37.3 Å². The number of nitrogens with one attached hydrogen (secondary N) is 1. The number of rotatable bonds is 7. The van der Waals surface area contributed by atoms with Crippen molar-refractivity contribution in [2.24, 2.45) is 5.92 Å². The predicted octanol–water partition coefficient (Wildman–Crippen LogP) is 2.90. The maximum atomic E-state index is 12.1. The number of thiazole rings is 1. The van der Waals surface area contributed by atoms with E-state index in [1.165, 1.54) is 11.3 Å². The van der Waals surface area contributed by atoms with E-state index in [0.29, 0.717) is 25.5 Å². The van der Waals surface area contributed by atoms with E-state index in [2.05, 4.69) is 10.3 Å². The highest BCUT2D eigenvalue weighted by atomic mass is 32.1. The van der Waals surface area contributed by atoms with Gasteiger partial charge in [0.25, 0.3) is 0 Å². The molecule has 0 spiro atoms. The van der Waals surface area contributed by atoms with Crippen molar-refractivity contribution in [3.63, 3.8) is 0 Å². The van der Waals surface area contributed by atoms with Gasteiger partial charge in [-0.2, -0.15) is 0 Å². The summed E-state index contributed by atoms with van der Waals surface area (Å²) in [5, 5.41) is 5.80. The van der Waals surface area contributed by atoms with E-state index in [0.717, 1.165) is 41.6 Å². The molecule has 24 heavy (non-hydrogen) atoms. The zero-order valence-electron chi connectivity index (χ0n) is 13.8. The van der Waals surface area contributed by atoms with Gasteiger partial charge in [-0.25, -0.2) is 4.98 Å². The molecule has 1 fully saturated rings. The maximum absolute atomic E-state index is 12.1. The van der Waals surface area contributed by atoms with Crippen molar-refractivity contribution in [1.82, 2.24) is 10.3 Å². The second-order valence-electron chi connectivity index (χ2n) is 5.78. The minimum absolute atomic E-state index is 0.0110. The van der Waals surface area contributed by atoms with Gasteiger partial charge in [0.15, 0.2) is 0 Å². The molecule has 1 aliphatic heterocycles. The van der Waals surface area contributed by atoms with Crippen molar-refractivity contribution in [3.8, 4) is 16.3 Å². The molecule has 0 unspecified atom stereocenters. The number of carbonyl (C=O) groups is 1. The number of aromatic nitrogens is 1. The van der Waals surface area contributed by atoms with Gasteiger partial charge in [0.05, 0.1) is 30.9 Å². The molecule has 1 amide bonds. The number of para-hydroxylation sites is 1. The van der Waals surface area contributed by atoms with Crippen LogP contribution in [0.5, 0.6) is 5.75 Å². The van der Waals surface area contributed by atoms with E-state index in [4.69, 9.17) is 9.47 Å². The minimum atomic E-state index is 0.0110. The molecule has 0 aliphatic carbocycles. The molecule has 1 aliphatic rings. The van der Waals surface area contributed by atoms with Gasteiger partial charge in [-0.15, -0.1) is 11.3 Å². The summed E-state index contributed by atoms with van der Waals surface area (Å²) < 4.78 is 11.0. The Balaban J connectivity index is 1.60. The molecule has 0 radical (unpaired) electrons. The smallest absolute Gasteiger partial charge is 0.226 e. The van der Waals surface area contributed by atoms with E-state index in [1.807, 2.05) is 36.6 Å². The van der Waals surface area contributed by atoms with Gasteiger partial charge < -0.3 is 14.8 Å². The van der Waals surface area contributed by atoms with Crippen LogP contribution in [0.15, 0.2) is 29.6 Å². The van der Waals surface area contributed by atoms with E-state index in [1.54, 1.807) is 0 Å². The minimum Gasteiger partial charge on any atom is -0.493 e. The van der Waals surface area contributed by atoms with Crippen molar-refractivity contribution in [2.75, 3.05) is 26.4 Å². The topological polar surface area (TPSA) is 60.5 Å². The maximum Gasteiger partial charge on any atom is 0.226 e. The van der Waals surface area contributed by atoms with Gasteiger partial charge in [0, 0.05) is 24.4 Å². The zero-order valence-corrected chi connectivity index (χ0v) is 14.6. The highest BCUT2D eigenvalue weighted by Gasteiger charge is 2.17. The number of hydrogen-bond donors (Lipinski definition) is 1. The third-order valence-corrected chi connectivity index (χ3v) is 4.85. The van der Waals surface area contributed by atoms with Crippen LogP contribution in [0.2, 0.25) is 0 Å². The van der Waals surface area contributed by atoms with Crippen LogP contribution in [0.25, 0.3) is 10.6 Å². The van der Waals surface area contributed by atoms with Crippen molar-refractivity contribution in [1.29, 1.82) is 0 Å². The first-order chi connectivity index (χ1) is 11.8. The van der Waals surface area contributed by atoms with Crippen molar-refractivity contribution >= 4 is 17.2 Å². The Labute approximate surface area is 146 Å². The van der Waals surface area contributed by atoms with Crippen molar-refractivity contribution in [2.45, 2.75) is 19.8 Å². The largest absolute Gasteiger partial charge is 0.493 e. The fourth-order valence-electron chi connectivity index (χ4n) is 2.67. The Hall–Kier alpha value is -1.92. The lowest BCUT2D eigenvalue weighted by Gasteiger charge is -2.08. The molecule has 3 rings (SSSR count). The average molecular weight is 346 g/mol. The molecule has 128 valence electrons. The SMILES string of the molecule is CCOc1ccccc1-c1nc(CC(=O)NC[C@H]2CCOC2)cs1. The molecule has 6 heteroatoms. The van der Waals surface area contributed by atoms with E-state index in [-0.39, 0.29) is 5.91 Å². The van der Waals surface area contributed by atoms with Crippen LogP contribution in [0.3, 0.4) is 0 Å². The molecule has 1 aromatic carbocycles. The lowest BCUT2D eigenvalue weighted by atomic mass is 10.1. The highest BCUT2D eigenvalue weighted by Crippen LogP contribution is 2.32. The highest BCUT2D eigenvalue weighted by molar-refractivity contribution is 7.13. The Morgan fingerprint density at radius 2 is 2.33 bits per heavy atom. The van der Waals surface area contributed by atoms with Crippen LogP contribution in [0, 0.1) is 5.92 Å². The molecule has 2 aromatic rings. The standard InChI is InChI=1S/C18H22N2O3S/c1-2-23-16-6-4-3-5-15(16)18-20-14(12-24-18)9-17(21)19-10-13-7-8-22-11-13/h3-6,12-13H,2,7-11H2,1H3,(H,19,21)/t13-/m1/s1. The Kier molecular flexibility index (Phi) is 5.82. The Morgan fingerprint density at radius 1 is 1.46 bits per heavy atom. The summed E-state index contributed by atoms with van der Waals surface area (Å²) in [6.07, 6.45) is 1.33. The van der Waals surface area contributed by atoms with Crippen molar-refractivity contribution in [3.05, 3.63) is 35.3 Å². The molecular formula is C18H22N2O3S. The molecule has 5 nitrogen and oxygen atoms in total. The molecular weight excluding hydrogens is 324 g/mol.